The smallest absolute Gasteiger partial charge is 0.213 e. The van der Waals surface area contributed by atoms with E-state index < -0.39 is 0 Å². The lowest BCUT2D eigenvalue weighted by atomic mass is 9.82. The van der Waals surface area contributed by atoms with Crippen molar-refractivity contribution in [1.29, 1.82) is 0 Å². The molecular formula is C23H24N2O4. The van der Waals surface area contributed by atoms with E-state index >= 15 is 0 Å². The number of nitrogens with zero attached hydrogens (tertiary/aromatic N) is 2. The van der Waals surface area contributed by atoms with Crippen molar-refractivity contribution in [2.45, 2.75) is 38.0 Å². The highest BCUT2D eigenvalue weighted by Crippen LogP contribution is 2.38. The number of furan rings is 1. The van der Waals surface area contributed by atoms with Gasteiger partial charge in [0.25, 0.3) is 0 Å². The third kappa shape index (κ3) is 3.53. The minimum Gasteiger partial charge on any atom is -0.476 e. The van der Waals surface area contributed by atoms with Crippen molar-refractivity contribution in [3.63, 3.8) is 0 Å². The molecule has 1 unspecified atom stereocenters. The van der Waals surface area contributed by atoms with Crippen LogP contribution in [0.2, 0.25) is 0 Å². The highest BCUT2D eigenvalue weighted by Gasteiger charge is 2.31. The molecule has 0 radical (unpaired) electrons. The van der Waals surface area contributed by atoms with E-state index in [4.69, 9.17) is 9.15 Å². The van der Waals surface area contributed by atoms with Crippen LogP contribution < -0.4 is 4.74 Å². The van der Waals surface area contributed by atoms with Crippen LogP contribution in [0.1, 0.15) is 43.6 Å². The molecule has 1 saturated heterocycles. The first-order chi connectivity index (χ1) is 14.2. The fourth-order valence-corrected chi connectivity index (χ4v) is 4.57. The fraction of sp³-hybridized carbons (Fsp3) is 0.435. The molecule has 1 aliphatic heterocycles. The zero-order valence-corrected chi connectivity index (χ0v) is 16.4. The summed E-state index contributed by atoms with van der Waals surface area (Å²) in [5.41, 5.74) is 2.42. The van der Waals surface area contributed by atoms with E-state index in [9.17, 15) is 9.59 Å². The lowest BCUT2D eigenvalue weighted by Crippen LogP contribution is -2.25. The number of ketones is 2. The van der Waals surface area contributed by atoms with Crippen LogP contribution in [0.25, 0.3) is 21.9 Å². The van der Waals surface area contributed by atoms with Gasteiger partial charge in [0.1, 0.15) is 23.8 Å². The van der Waals surface area contributed by atoms with Crippen LogP contribution in [0.15, 0.2) is 34.9 Å². The Morgan fingerprint density at radius 1 is 1.14 bits per heavy atom. The number of aromatic nitrogens is 1. The number of benzene rings is 1. The van der Waals surface area contributed by atoms with Gasteiger partial charge in [0.05, 0.1) is 18.2 Å². The third-order valence-electron chi connectivity index (χ3n) is 6.11. The molecule has 1 atom stereocenters. The molecule has 3 heterocycles. The van der Waals surface area contributed by atoms with Gasteiger partial charge in [-0.3, -0.25) is 14.5 Å². The van der Waals surface area contributed by atoms with Gasteiger partial charge in [0.2, 0.25) is 5.88 Å². The maximum absolute atomic E-state index is 12.5. The van der Waals surface area contributed by atoms with Crippen molar-refractivity contribution < 1.29 is 18.7 Å². The normalized spacial score (nSPS) is 20.8. The Morgan fingerprint density at radius 2 is 2.00 bits per heavy atom. The van der Waals surface area contributed by atoms with Crippen LogP contribution in [-0.4, -0.2) is 47.7 Å². The van der Waals surface area contributed by atoms with Crippen molar-refractivity contribution in [2.75, 3.05) is 26.2 Å². The second-order valence-corrected chi connectivity index (χ2v) is 8.02. The molecule has 1 saturated carbocycles. The Morgan fingerprint density at radius 3 is 2.83 bits per heavy atom. The molecule has 0 spiro atoms. The third-order valence-corrected chi connectivity index (χ3v) is 6.11. The second-order valence-electron chi connectivity index (χ2n) is 8.02. The summed E-state index contributed by atoms with van der Waals surface area (Å²) in [5, 5.41) is 1.87. The Bertz CT molecular complexity index is 1080. The van der Waals surface area contributed by atoms with Crippen LogP contribution in [0.4, 0.5) is 0 Å². The lowest BCUT2D eigenvalue weighted by Gasteiger charge is -2.19. The number of Topliss-reactive ketones (excluding diaryl/α,β-unsaturated/α-hetero) is 2. The maximum atomic E-state index is 12.5. The van der Waals surface area contributed by atoms with Crippen LogP contribution in [0, 0.1) is 0 Å². The molecule has 2 aromatic heterocycles. The highest BCUT2D eigenvalue weighted by atomic mass is 16.5. The monoisotopic (exact) mass is 392 g/mol. The minimum absolute atomic E-state index is 0.0178. The standard InChI is InChI=1S/C23H24N2O4/c26-15-3-4-16(20(27)13-15)18-14-29-21-7-6-19-17(23(18)21)5-8-22(24-19)28-12-11-25-9-1-2-10-25/h5-8,14,16H,1-4,9-13H2. The quantitative estimate of drug-likeness (QED) is 0.614. The molecule has 0 N–H and O–H groups in total. The largest absolute Gasteiger partial charge is 0.476 e. The van der Waals surface area contributed by atoms with E-state index in [0.29, 0.717) is 25.3 Å². The molecular weight excluding hydrogens is 368 g/mol. The summed E-state index contributed by atoms with van der Waals surface area (Å²) in [6, 6.07) is 7.69. The van der Waals surface area contributed by atoms with E-state index in [0.717, 1.165) is 47.1 Å². The zero-order valence-electron chi connectivity index (χ0n) is 16.4. The van der Waals surface area contributed by atoms with Gasteiger partial charge < -0.3 is 9.15 Å². The molecule has 2 aliphatic rings. The molecule has 5 rings (SSSR count). The fourth-order valence-electron chi connectivity index (χ4n) is 4.57. The van der Waals surface area contributed by atoms with Gasteiger partial charge in [-0.25, -0.2) is 4.98 Å². The lowest BCUT2D eigenvalue weighted by molar-refractivity contribution is -0.130. The van der Waals surface area contributed by atoms with Gasteiger partial charge >= 0.3 is 0 Å². The van der Waals surface area contributed by atoms with Crippen LogP contribution in [0.3, 0.4) is 0 Å². The summed E-state index contributed by atoms with van der Waals surface area (Å²) in [6.45, 7) is 3.86. The van der Waals surface area contributed by atoms with Gasteiger partial charge in [-0.1, -0.05) is 0 Å². The highest BCUT2D eigenvalue weighted by molar-refractivity contribution is 6.10. The van der Waals surface area contributed by atoms with Gasteiger partial charge in [-0.2, -0.15) is 0 Å². The first-order valence-corrected chi connectivity index (χ1v) is 10.4. The molecule has 3 aromatic rings. The van der Waals surface area contributed by atoms with E-state index in [1.165, 1.54) is 12.8 Å². The van der Waals surface area contributed by atoms with Crippen LogP contribution in [-0.2, 0) is 9.59 Å². The number of carbonyl (C=O) groups excluding carboxylic acids is 2. The molecule has 2 fully saturated rings. The van der Waals surface area contributed by atoms with E-state index in [1.54, 1.807) is 6.26 Å². The molecule has 0 bridgehead atoms. The van der Waals surface area contributed by atoms with Gasteiger partial charge in [-0.05, 0) is 50.6 Å². The number of pyridine rings is 1. The number of hydrogen-bond donors (Lipinski definition) is 0. The van der Waals surface area contributed by atoms with E-state index in [1.807, 2.05) is 24.3 Å². The summed E-state index contributed by atoms with van der Waals surface area (Å²) in [4.78, 5) is 31.1. The van der Waals surface area contributed by atoms with Crippen molar-refractivity contribution >= 4 is 33.4 Å². The zero-order chi connectivity index (χ0) is 19.8. The SMILES string of the molecule is O=C1CCC(c2coc3ccc4nc(OCCN5CCCC5)ccc4c23)C(=O)C1. The molecule has 6 heteroatoms. The summed E-state index contributed by atoms with van der Waals surface area (Å²) in [6.07, 6.45) is 5.23. The molecule has 29 heavy (non-hydrogen) atoms. The predicted octanol–water partition coefficient (Wildman–Crippen LogP) is 3.86. The minimum atomic E-state index is -0.282. The first-order valence-electron chi connectivity index (χ1n) is 10.4. The van der Waals surface area contributed by atoms with Crippen LogP contribution >= 0.6 is 0 Å². The number of carbonyl (C=O) groups is 2. The van der Waals surface area contributed by atoms with Crippen molar-refractivity contribution in [1.82, 2.24) is 9.88 Å². The Kier molecular flexibility index (Phi) is 4.79. The van der Waals surface area contributed by atoms with E-state index in [-0.39, 0.29) is 23.9 Å². The summed E-state index contributed by atoms with van der Waals surface area (Å²) in [7, 11) is 0. The van der Waals surface area contributed by atoms with Crippen molar-refractivity contribution in [3.8, 4) is 5.88 Å². The number of fused-ring (bicyclic) bond motifs is 3. The Labute approximate surface area is 168 Å². The van der Waals surface area contributed by atoms with Crippen molar-refractivity contribution in [3.05, 3.63) is 36.1 Å². The van der Waals surface area contributed by atoms with Crippen molar-refractivity contribution in [2.24, 2.45) is 0 Å². The summed E-state index contributed by atoms with van der Waals surface area (Å²) >= 11 is 0. The van der Waals surface area contributed by atoms with Gasteiger partial charge in [0.15, 0.2) is 0 Å². The average Bonchev–Trinajstić information content (AvgIpc) is 3.38. The predicted molar refractivity (Wildman–Crippen MR) is 109 cm³/mol. The van der Waals surface area contributed by atoms with Gasteiger partial charge in [0, 0.05) is 41.3 Å². The van der Waals surface area contributed by atoms with Crippen LogP contribution in [0.5, 0.6) is 5.88 Å². The number of hydrogen-bond acceptors (Lipinski definition) is 6. The summed E-state index contributed by atoms with van der Waals surface area (Å²) in [5.74, 6) is 0.341. The van der Waals surface area contributed by atoms with E-state index in [2.05, 4.69) is 9.88 Å². The second kappa shape index (κ2) is 7.59. The maximum Gasteiger partial charge on any atom is 0.213 e. The molecule has 150 valence electrons. The average molecular weight is 392 g/mol. The molecule has 6 nitrogen and oxygen atoms in total. The molecule has 0 amide bonds. The molecule has 1 aliphatic carbocycles. The Balaban J connectivity index is 1.42. The molecule has 1 aromatic carbocycles. The Hall–Kier alpha value is -2.73. The topological polar surface area (TPSA) is 72.6 Å². The first kappa shape index (κ1) is 18.3. The number of rotatable bonds is 5. The number of likely N-dealkylation sites (tertiary alicyclic amines) is 1. The van der Waals surface area contributed by atoms with Gasteiger partial charge in [-0.15, -0.1) is 0 Å². The summed E-state index contributed by atoms with van der Waals surface area (Å²) < 4.78 is 11.6. The number of ether oxygens (including phenoxy) is 1.